The molecule has 3 nitrogen and oxygen atoms in total. The van der Waals surface area contributed by atoms with E-state index in [-0.39, 0.29) is 6.79 Å². The third kappa shape index (κ3) is 0.898. The van der Waals surface area contributed by atoms with Crippen LogP contribution >= 0.6 is 11.6 Å². The molecule has 1 aromatic carbocycles. The van der Waals surface area contributed by atoms with Crippen LogP contribution < -0.4 is 15.2 Å². The van der Waals surface area contributed by atoms with Crippen molar-refractivity contribution in [3.05, 3.63) is 16.7 Å². The molecule has 0 radical (unpaired) electrons. The fourth-order valence-corrected chi connectivity index (χ4v) is 1.46. The highest BCUT2D eigenvalue weighted by Gasteiger charge is 2.20. The van der Waals surface area contributed by atoms with Crippen LogP contribution in [-0.4, -0.2) is 6.79 Å². The van der Waals surface area contributed by atoms with Crippen molar-refractivity contribution in [1.82, 2.24) is 0 Å². The second kappa shape index (κ2) is 2.45. The first-order valence-electron chi connectivity index (χ1n) is 3.54. The van der Waals surface area contributed by atoms with E-state index in [2.05, 4.69) is 0 Å². The molecule has 2 N–H and O–H groups in total. The highest BCUT2D eigenvalue weighted by atomic mass is 35.5. The van der Waals surface area contributed by atoms with Crippen molar-refractivity contribution in [3.8, 4) is 11.5 Å². The molecule has 0 amide bonds. The van der Waals surface area contributed by atoms with E-state index in [1.165, 1.54) is 0 Å². The van der Waals surface area contributed by atoms with Gasteiger partial charge in [0.05, 0.1) is 10.7 Å². The fourth-order valence-electron chi connectivity index (χ4n) is 1.21. The van der Waals surface area contributed by atoms with E-state index >= 15 is 0 Å². The molecule has 0 unspecified atom stereocenters. The third-order valence-corrected chi connectivity index (χ3v) is 2.13. The number of fused-ring (bicyclic) bond motifs is 1. The molecule has 0 fully saturated rings. The summed E-state index contributed by atoms with van der Waals surface area (Å²) in [5, 5.41) is 0.511. The van der Waals surface area contributed by atoms with Gasteiger partial charge in [0.1, 0.15) is 0 Å². The molecule has 4 heteroatoms. The van der Waals surface area contributed by atoms with Gasteiger partial charge in [0.2, 0.25) is 6.79 Å². The lowest BCUT2D eigenvalue weighted by atomic mass is 10.2. The van der Waals surface area contributed by atoms with E-state index in [9.17, 15) is 0 Å². The van der Waals surface area contributed by atoms with E-state index in [1.807, 2.05) is 6.92 Å². The zero-order valence-electron chi connectivity index (χ0n) is 6.56. The van der Waals surface area contributed by atoms with Gasteiger partial charge in [0.25, 0.3) is 0 Å². The monoisotopic (exact) mass is 185 g/mol. The molecule has 0 saturated heterocycles. The zero-order valence-corrected chi connectivity index (χ0v) is 7.31. The molecule has 2 rings (SSSR count). The molecule has 0 aliphatic carbocycles. The molecule has 1 aliphatic heterocycles. The normalized spacial score (nSPS) is 13.5. The second-order valence-corrected chi connectivity index (χ2v) is 3.06. The fraction of sp³-hybridized carbons (Fsp3) is 0.250. The van der Waals surface area contributed by atoms with Crippen LogP contribution in [0.3, 0.4) is 0 Å². The molecule has 1 heterocycles. The first kappa shape index (κ1) is 7.55. The van der Waals surface area contributed by atoms with E-state index in [1.54, 1.807) is 6.07 Å². The lowest BCUT2D eigenvalue weighted by Gasteiger charge is -2.04. The molecule has 0 bridgehead atoms. The molecule has 12 heavy (non-hydrogen) atoms. The van der Waals surface area contributed by atoms with Gasteiger partial charge >= 0.3 is 0 Å². The highest BCUT2D eigenvalue weighted by Crippen LogP contribution is 2.43. The number of hydrogen-bond acceptors (Lipinski definition) is 3. The molecule has 0 saturated carbocycles. The quantitative estimate of drug-likeness (QED) is 0.629. The maximum Gasteiger partial charge on any atom is 0.231 e. The molecule has 1 aliphatic rings. The SMILES string of the molecule is Cc1cc(Cl)c(N)c2c1OCO2. The van der Waals surface area contributed by atoms with Gasteiger partial charge in [-0.3, -0.25) is 0 Å². The predicted molar refractivity (Wildman–Crippen MR) is 46.7 cm³/mol. The van der Waals surface area contributed by atoms with Gasteiger partial charge in [-0.1, -0.05) is 11.6 Å². The summed E-state index contributed by atoms with van der Waals surface area (Å²) in [6.07, 6.45) is 0. The van der Waals surface area contributed by atoms with Gasteiger partial charge in [0.15, 0.2) is 11.5 Å². The number of nitrogen functional groups attached to an aromatic ring is 1. The number of nitrogens with two attached hydrogens (primary N) is 1. The minimum Gasteiger partial charge on any atom is -0.453 e. The Morgan fingerprint density at radius 1 is 1.42 bits per heavy atom. The van der Waals surface area contributed by atoms with Crippen LogP contribution in [-0.2, 0) is 0 Å². The Hall–Kier alpha value is -1.09. The summed E-state index contributed by atoms with van der Waals surface area (Å²) in [7, 11) is 0. The lowest BCUT2D eigenvalue weighted by Crippen LogP contribution is -1.94. The van der Waals surface area contributed by atoms with Crippen LogP contribution in [0, 0.1) is 6.92 Å². The average molecular weight is 186 g/mol. The number of ether oxygens (including phenoxy) is 2. The maximum atomic E-state index is 5.84. The predicted octanol–water partition coefficient (Wildman–Crippen LogP) is 1.96. The van der Waals surface area contributed by atoms with Crippen LogP contribution in [0.25, 0.3) is 0 Å². The maximum absolute atomic E-state index is 5.84. The Balaban J connectivity index is 2.69. The largest absolute Gasteiger partial charge is 0.453 e. The summed E-state index contributed by atoms with van der Waals surface area (Å²) in [5.41, 5.74) is 7.07. The number of benzene rings is 1. The van der Waals surface area contributed by atoms with Crippen LogP contribution in [0.15, 0.2) is 6.07 Å². The van der Waals surface area contributed by atoms with Gasteiger partial charge in [-0.05, 0) is 18.6 Å². The van der Waals surface area contributed by atoms with Crippen LogP contribution in [0.2, 0.25) is 5.02 Å². The first-order valence-corrected chi connectivity index (χ1v) is 3.92. The standard InChI is InChI=1S/C8H8ClNO2/c1-4-2-5(9)6(10)8-7(4)11-3-12-8/h2H,3,10H2,1H3. The number of rotatable bonds is 0. The minimum atomic E-state index is 0.223. The van der Waals surface area contributed by atoms with Crippen molar-refractivity contribution in [3.63, 3.8) is 0 Å². The molecule has 0 aromatic heterocycles. The molecule has 0 atom stereocenters. The van der Waals surface area contributed by atoms with Crippen LogP contribution in [0.4, 0.5) is 5.69 Å². The highest BCUT2D eigenvalue weighted by molar-refractivity contribution is 6.33. The Morgan fingerprint density at radius 3 is 2.83 bits per heavy atom. The van der Waals surface area contributed by atoms with E-state index < -0.39 is 0 Å². The van der Waals surface area contributed by atoms with Crippen LogP contribution in [0.5, 0.6) is 11.5 Å². The van der Waals surface area contributed by atoms with Crippen molar-refractivity contribution in [2.45, 2.75) is 6.92 Å². The molecule has 0 spiro atoms. The van der Waals surface area contributed by atoms with Gasteiger partial charge < -0.3 is 15.2 Å². The number of anilines is 1. The molecular weight excluding hydrogens is 178 g/mol. The summed E-state index contributed by atoms with van der Waals surface area (Å²) < 4.78 is 10.4. The van der Waals surface area contributed by atoms with E-state index in [0.717, 1.165) is 5.56 Å². The van der Waals surface area contributed by atoms with Crippen molar-refractivity contribution >= 4 is 17.3 Å². The van der Waals surface area contributed by atoms with Crippen molar-refractivity contribution in [1.29, 1.82) is 0 Å². The van der Waals surface area contributed by atoms with Gasteiger partial charge in [-0.15, -0.1) is 0 Å². The summed E-state index contributed by atoms with van der Waals surface area (Å²) in [4.78, 5) is 0. The molecule has 1 aromatic rings. The Morgan fingerprint density at radius 2 is 2.08 bits per heavy atom. The number of aryl methyl sites for hydroxylation is 1. The number of hydrogen-bond donors (Lipinski definition) is 1. The summed E-state index contributed by atoms with van der Waals surface area (Å²) in [5.74, 6) is 1.27. The Labute approximate surface area is 75.0 Å². The third-order valence-electron chi connectivity index (χ3n) is 1.82. The lowest BCUT2D eigenvalue weighted by molar-refractivity contribution is 0.174. The average Bonchev–Trinajstić information content (AvgIpc) is 2.48. The van der Waals surface area contributed by atoms with E-state index in [4.69, 9.17) is 26.8 Å². The smallest absolute Gasteiger partial charge is 0.231 e. The van der Waals surface area contributed by atoms with Gasteiger partial charge in [-0.25, -0.2) is 0 Å². The zero-order chi connectivity index (χ0) is 8.72. The van der Waals surface area contributed by atoms with Crippen molar-refractivity contribution in [2.75, 3.05) is 12.5 Å². The minimum absolute atomic E-state index is 0.223. The van der Waals surface area contributed by atoms with E-state index in [0.29, 0.717) is 22.2 Å². The van der Waals surface area contributed by atoms with Gasteiger partial charge in [0, 0.05) is 0 Å². The molecule has 64 valence electrons. The van der Waals surface area contributed by atoms with Gasteiger partial charge in [-0.2, -0.15) is 0 Å². The number of halogens is 1. The van der Waals surface area contributed by atoms with Crippen molar-refractivity contribution < 1.29 is 9.47 Å². The summed E-state index contributed by atoms with van der Waals surface area (Å²) >= 11 is 5.84. The summed E-state index contributed by atoms with van der Waals surface area (Å²) in [6, 6.07) is 1.77. The topological polar surface area (TPSA) is 44.5 Å². The first-order chi connectivity index (χ1) is 5.70. The van der Waals surface area contributed by atoms with Crippen LogP contribution in [0.1, 0.15) is 5.56 Å². The second-order valence-electron chi connectivity index (χ2n) is 2.65. The Bertz CT molecular complexity index is 338. The van der Waals surface area contributed by atoms with Crippen molar-refractivity contribution in [2.24, 2.45) is 0 Å². The Kier molecular flexibility index (Phi) is 1.54. The summed E-state index contributed by atoms with van der Waals surface area (Å²) in [6.45, 7) is 2.12. The molecular formula is C8H8ClNO2.